The Morgan fingerprint density at radius 3 is 2.10 bits per heavy atom. The van der Waals surface area contributed by atoms with Crippen molar-refractivity contribution >= 4 is 5.78 Å². The summed E-state index contributed by atoms with van der Waals surface area (Å²) in [6, 6.07) is 18.7. The standard InChI is InChI=1S/C26H30N2O3/c1-4-5-16-27-22(17-20-12-8-6-9-13-20)24(19(2)3)25(30)28(26(27)31)18-23(29)21-14-10-7-11-15-21/h6-15,19H,4-5,16-18H2,1-3H3. The molecule has 31 heavy (non-hydrogen) atoms. The van der Waals surface area contributed by atoms with E-state index in [4.69, 9.17) is 0 Å². The van der Waals surface area contributed by atoms with Crippen LogP contribution in [0.25, 0.3) is 0 Å². The van der Waals surface area contributed by atoms with Gasteiger partial charge in [0.25, 0.3) is 5.56 Å². The molecule has 0 atom stereocenters. The first-order valence-corrected chi connectivity index (χ1v) is 10.9. The Morgan fingerprint density at radius 1 is 0.903 bits per heavy atom. The number of carbonyl (C=O) groups excluding carboxylic acids is 1. The Bertz CT molecular complexity index is 1140. The fourth-order valence-corrected chi connectivity index (χ4v) is 3.87. The molecule has 0 amide bonds. The fourth-order valence-electron chi connectivity index (χ4n) is 3.87. The lowest BCUT2D eigenvalue weighted by atomic mass is 9.97. The van der Waals surface area contributed by atoms with Gasteiger partial charge in [0.15, 0.2) is 5.78 Å². The highest BCUT2D eigenvalue weighted by Gasteiger charge is 2.22. The van der Waals surface area contributed by atoms with Crippen LogP contribution in [0.3, 0.4) is 0 Å². The van der Waals surface area contributed by atoms with Crippen LogP contribution in [0, 0.1) is 0 Å². The maximum absolute atomic E-state index is 13.4. The number of rotatable bonds is 9. The van der Waals surface area contributed by atoms with E-state index in [0.29, 0.717) is 24.1 Å². The molecule has 0 spiro atoms. The smallest absolute Gasteiger partial charge is 0.297 e. The van der Waals surface area contributed by atoms with E-state index in [9.17, 15) is 14.4 Å². The lowest BCUT2D eigenvalue weighted by Crippen LogP contribution is -2.45. The predicted molar refractivity (Wildman–Crippen MR) is 124 cm³/mol. The van der Waals surface area contributed by atoms with Gasteiger partial charge in [0.05, 0.1) is 6.54 Å². The third kappa shape index (κ3) is 5.10. The molecule has 0 bridgehead atoms. The van der Waals surface area contributed by atoms with Crippen molar-refractivity contribution in [3.8, 4) is 0 Å². The molecular weight excluding hydrogens is 388 g/mol. The second-order valence-electron chi connectivity index (χ2n) is 8.15. The van der Waals surface area contributed by atoms with Gasteiger partial charge in [-0.05, 0) is 17.9 Å². The highest BCUT2D eigenvalue weighted by Crippen LogP contribution is 2.19. The predicted octanol–water partition coefficient (Wildman–Crippen LogP) is 4.41. The van der Waals surface area contributed by atoms with E-state index < -0.39 is 5.69 Å². The summed E-state index contributed by atoms with van der Waals surface area (Å²) in [6.45, 7) is 6.27. The summed E-state index contributed by atoms with van der Waals surface area (Å²) in [5.41, 5.74) is 2.15. The largest absolute Gasteiger partial charge is 0.331 e. The van der Waals surface area contributed by atoms with Crippen molar-refractivity contribution in [3.63, 3.8) is 0 Å². The molecule has 0 N–H and O–H groups in total. The molecule has 5 heteroatoms. The molecule has 3 rings (SSSR count). The second kappa shape index (κ2) is 10.2. The van der Waals surface area contributed by atoms with Gasteiger partial charge in [-0.2, -0.15) is 0 Å². The van der Waals surface area contributed by atoms with Crippen molar-refractivity contribution in [2.75, 3.05) is 0 Å². The molecule has 162 valence electrons. The molecule has 0 aliphatic rings. The van der Waals surface area contributed by atoms with E-state index >= 15 is 0 Å². The SMILES string of the molecule is CCCCn1c(Cc2ccccc2)c(C(C)C)c(=O)n(CC(=O)c2ccccc2)c1=O. The van der Waals surface area contributed by atoms with E-state index in [1.807, 2.05) is 50.2 Å². The Labute approximate surface area is 183 Å². The van der Waals surface area contributed by atoms with E-state index in [0.717, 1.165) is 28.7 Å². The number of aromatic nitrogens is 2. The second-order valence-corrected chi connectivity index (χ2v) is 8.15. The molecular formula is C26H30N2O3. The van der Waals surface area contributed by atoms with Crippen LogP contribution in [0.4, 0.5) is 0 Å². The molecule has 0 unspecified atom stereocenters. The topological polar surface area (TPSA) is 61.1 Å². The zero-order chi connectivity index (χ0) is 22.4. The van der Waals surface area contributed by atoms with Crippen LogP contribution in [0.1, 0.15) is 66.7 Å². The minimum absolute atomic E-state index is 0.0715. The van der Waals surface area contributed by atoms with Crippen LogP contribution in [-0.4, -0.2) is 14.9 Å². The summed E-state index contributed by atoms with van der Waals surface area (Å²) in [4.78, 5) is 39.6. The molecule has 2 aromatic carbocycles. The molecule has 1 aromatic heterocycles. The van der Waals surface area contributed by atoms with Gasteiger partial charge in [-0.3, -0.25) is 18.7 Å². The first kappa shape index (κ1) is 22.5. The zero-order valence-electron chi connectivity index (χ0n) is 18.5. The fraction of sp³-hybridized carbons (Fsp3) is 0.346. The summed E-state index contributed by atoms with van der Waals surface area (Å²) >= 11 is 0. The van der Waals surface area contributed by atoms with E-state index in [-0.39, 0.29) is 23.8 Å². The monoisotopic (exact) mass is 418 g/mol. The van der Waals surface area contributed by atoms with Gasteiger partial charge in [-0.25, -0.2) is 4.79 Å². The molecule has 0 aliphatic heterocycles. The third-order valence-corrected chi connectivity index (χ3v) is 5.50. The lowest BCUT2D eigenvalue weighted by molar-refractivity contribution is 0.0968. The van der Waals surface area contributed by atoms with Crippen molar-refractivity contribution in [3.05, 3.63) is 104 Å². The summed E-state index contributed by atoms with van der Waals surface area (Å²) in [7, 11) is 0. The Balaban J connectivity index is 2.16. The maximum Gasteiger partial charge on any atom is 0.331 e. The minimum Gasteiger partial charge on any atom is -0.297 e. The normalized spacial score (nSPS) is 11.1. The first-order valence-electron chi connectivity index (χ1n) is 10.9. The summed E-state index contributed by atoms with van der Waals surface area (Å²) in [5, 5.41) is 0. The maximum atomic E-state index is 13.4. The van der Waals surface area contributed by atoms with Gasteiger partial charge in [0.1, 0.15) is 0 Å². The van der Waals surface area contributed by atoms with Crippen LogP contribution in [-0.2, 0) is 19.5 Å². The molecule has 5 nitrogen and oxygen atoms in total. The molecule has 0 radical (unpaired) electrons. The van der Waals surface area contributed by atoms with Crippen molar-refractivity contribution in [2.45, 2.75) is 59.0 Å². The third-order valence-electron chi connectivity index (χ3n) is 5.50. The average molecular weight is 419 g/mol. The number of hydrogen-bond donors (Lipinski definition) is 0. The number of unbranched alkanes of at least 4 members (excludes halogenated alkanes) is 1. The van der Waals surface area contributed by atoms with Gasteiger partial charge in [-0.1, -0.05) is 87.9 Å². The summed E-state index contributed by atoms with van der Waals surface area (Å²) in [5.74, 6) is -0.315. The number of carbonyl (C=O) groups is 1. The summed E-state index contributed by atoms with van der Waals surface area (Å²) in [6.07, 6.45) is 2.26. The van der Waals surface area contributed by atoms with Gasteiger partial charge in [0.2, 0.25) is 0 Å². The highest BCUT2D eigenvalue weighted by molar-refractivity contribution is 5.95. The van der Waals surface area contributed by atoms with Crippen LogP contribution >= 0.6 is 0 Å². The van der Waals surface area contributed by atoms with Crippen LogP contribution < -0.4 is 11.2 Å². The zero-order valence-corrected chi connectivity index (χ0v) is 18.5. The molecule has 0 saturated carbocycles. The lowest BCUT2D eigenvalue weighted by Gasteiger charge is -2.21. The Morgan fingerprint density at radius 2 is 1.52 bits per heavy atom. The summed E-state index contributed by atoms with van der Waals surface area (Å²) < 4.78 is 2.83. The number of hydrogen-bond acceptors (Lipinski definition) is 3. The highest BCUT2D eigenvalue weighted by atomic mass is 16.2. The molecule has 0 fully saturated rings. The van der Waals surface area contributed by atoms with Gasteiger partial charge in [-0.15, -0.1) is 0 Å². The van der Waals surface area contributed by atoms with Gasteiger partial charge in [0, 0.05) is 29.8 Å². The van der Waals surface area contributed by atoms with Crippen molar-refractivity contribution in [2.24, 2.45) is 0 Å². The van der Waals surface area contributed by atoms with Crippen LogP contribution in [0.2, 0.25) is 0 Å². The Kier molecular flexibility index (Phi) is 7.40. The van der Waals surface area contributed by atoms with Gasteiger partial charge < -0.3 is 0 Å². The molecule has 1 heterocycles. The number of nitrogens with zero attached hydrogens (tertiary/aromatic N) is 2. The quantitative estimate of drug-likeness (QED) is 0.484. The van der Waals surface area contributed by atoms with Crippen molar-refractivity contribution in [1.29, 1.82) is 0 Å². The van der Waals surface area contributed by atoms with Crippen molar-refractivity contribution < 1.29 is 4.79 Å². The average Bonchev–Trinajstić information content (AvgIpc) is 2.77. The van der Waals surface area contributed by atoms with Crippen LogP contribution in [0.5, 0.6) is 0 Å². The minimum atomic E-state index is -0.405. The number of ketones is 1. The van der Waals surface area contributed by atoms with E-state index in [1.165, 1.54) is 0 Å². The molecule has 0 saturated heterocycles. The number of benzene rings is 2. The molecule has 3 aromatic rings. The van der Waals surface area contributed by atoms with E-state index in [1.54, 1.807) is 28.8 Å². The number of Topliss-reactive ketones (excluding diaryl/α,β-unsaturated/α-hetero) is 1. The Hall–Kier alpha value is -3.21. The van der Waals surface area contributed by atoms with Crippen LogP contribution in [0.15, 0.2) is 70.3 Å². The van der Waals surface area contributed by atoms with Crippen molar-refractivity contribution in [1.82, 2.24) is 9.13 Å². The first-order chi connectivity index (χ1) is 14.9. The van der Waals surface area contributed by atoms with Gasteiger partial charge >= 0.3 is 5.69 Å². The van der Waals surface area contributed by atoms with E-state index in [2.05, 4.69) is 6.92 Å². The molecule has 0 aliphatic carbocycles.